The number of hydrogen-bond acceptors (Lipinski definition) is 3. The molecule has 0 spiro atoms. The zero-order chi connectivity index (χ0) is 14.8. The van der Waals surface area contributed by atoms with Crippen molar-refractivity contribution < 1.29 is 8.42 Å². The van der Waals surface area contributed by atoms with Gasteiger partial charge < -0.3 is 0 Å². The van der Waals surface area contributed by atoms with Gasteiger partial charge in [-0.15, -0.1) is 0 Å². The number of nitrogens with zero attached hydrogens (tertiary/aromatic N) is 2. The van der Waals surface area contributed by atoms with E-state index >= 15 is 0 Å². The first kappa shape index (κ1) is 15.5. The summed E-state index contributed by atoms with van der Waals surface area (Å²) in [7, 11) is -3.33. The van der Waals surface area contributed by atoms with Crippen LogP contribution in [0.25, 0.3) is 0 Å². The van der Waals surface area contributed by atoms with Crippen LogP contribution in [-0.2, 0) is 10.0 Å². The van der Waals surface area contributed by atoms with Crippen molar-refractivity contribution in [2.75, 3.05) is 26.2 Å². The topological polar surface area (TPSA) is 40.6 Å². The summed E-state index contributed by atoms with van der Waals surface area (Å²) in [5.74, 6) is 0. The Labute approximate surface area is 122 Å². The Hall–Kier alpha value is -0.910. The molecule has 0 aromatic heterocycles. The van der Waals surface area contributed by atoms with Crippen LogP contribution in [-0.4, -0.2) is 49.8 Å². The highest BCUT2D eigenvalue weighted by molar-refractivity contribution is 7.89. The zero-order valence-electron chi connectivity index (χ0n) is 12.5. The fraction of sp³-hybridized carbons (Fsp3) is 0.600. The molecule has 1 fully saturated rings. The Morgan fingerprint density at radius 2 is 1.85 bits per heavy atom. The summed E-state index contributed by atoms with van der Waals surface area (Å²) in [4.78, 5) is 2.77. The first-order chi connectivity index (χ1) is 9.45. The first-order valence-electron chi connectivity index (χ1n) is 7.26. The number of piperazine rings is 1. The lowest BCUT2D eigenvalue weighted by Crippen LogP contribution is -2.51. The molecule has 1 heterocycles. The average molecular weight is 296 g/mol. The molecule has 0 radical (unpaired) electrons. The van der Waals surface area contributed by atoms with Gasteiger partial charge in [0.15, 0.2) is 0 Å². The molecule has 4 nitrogen and oxygen atoms in total. The first-order valence-corrected chi connectivity index (χ1v) is 8.70. The second-order valence-corrected chi connectivity index (χ2v) is 7.45. The minimum atomic E-state index is -3.33. The van der Waals surface area contributed by atoms with Crippen molar-refractivity contribution in [3.8, 4) is 0 Å². The van der Waals surface area contributed by atoms with Crippen LogP contribution in [0.15, 0.2) is 29.2 Å². The van der Waals surface area contributed by atoms with Gasteiger partial charge in [-0.3, -0.25) is 4.90 Å². The minimum absolute atomic E-state index is 0.412. The van der Waals surface area contributed by atoms with Crippen LogP contribution in [0.2, 0.25) is 0 Å². The molecule has 112 valence electrons. The molecule has 1 aromatic rings. The molecule has 2 rings (SSSR count). The van der Waals surface area contributed by atoms with Crippen molar-refractivity contribution in [3.05, 3.63) is 29.8 Å². The predicted octanol–water partition coefficient (Wildman–Crippen LogP) is 2.10. The monoisotopic (exact) mass is 296 g/mol. The van der Waals surface area contributed by atoms with E-state index in [9.17, 15) is 8.42 Å². The molecule has 1 unspecified atom stereocenters. The summed E-state index contributed by atoms with van der Waals surface area (Å²) in [5.41, 5.74) is 0.976. The van der Waals surface area contributed by atoms with Gasteiger partial charge in [0.1, 0.15) is 0 Å². The van der Waals surface area contributed by atoms with Crippen LogP contribution in [0.4, 0.5) is 0 Å². The number of aryl methyl sites for hydroxylation is 1. The average Bonchev–Trinajstić information content (AvgIpc) is 2.46. The van der Waals surface area contributed by atoms with Crippen LogP contribution in [0, 0.1) is 6.92 Å². The Morgan fingerprint density at radius 1 is 1.20 bits per heavy atom. The molecular weight excluding hydrogens is 272 g/mol. The quantitative estimate of drug-likeness (QED) is 0.854. The Kier molecular flexibility index (Phi) is 4.83. The highest BCUT2D eigenvalue weighted by atomic mass is 32.2. The SMILES string of the molecule is CCC(C)N1CCN(S(=O)(=O)c2cccc(C)c2)CC1. The third kappa shape index (κ3) is 3.22. The Morgan fingerprint density at radius 3 is 2.40 bits per heavy atom. The van der Waals surface area contributed by atoms with Crippen LogP contribution in [0.1, 0.15) is 25.8 Å². The summed E-state index contributed by atoms with van der Waals surface area (Å²) >= 11 is 0. The van der Waals surface area contributed by atoms with Gasteiger partial charge in [-0.25, -0.2) is 8.42 Å². The number of hydrogen-bond donors (Lipinski definition) is 0. The van der Waals surface area contributed by atoms with Crippen molar-refractivity contribution in [1.82, 2.24) is 9.21 Å². The molecule has 1 aromatic carbocycles. The van der Waals surface area contributed by atoms with Gasteiger partial charge in [-0.2, -0.15) is 4.31 Å². The second kappa shape index (κ2) is 6.24. The van der Waals surface area contributed by atoms with Gasteiger partial charge in [-0.05, 0) is 38.0 Å². The van der Waals surface area contributed by atoms with E-state index in [1.54, 1.807) is 22.5 Å². The molecule has 0 aliphatic carbocycles. The number of benzene rings is 1. The second-order valence-electron chi connectivity index (χ2n) is 5.51. The summed E-state index contributed by atoms with van der Waals surface area (Å²) < 4.78 is 26.8. The van der Waals surface area contributed by atoms with Gasteiger partial charge in [0.25, 0.3) is 0 Å². The van der Waals surface area contributed by atoms with Crippen molar-refractivity contribution >= 4 is 10.0 Å². The van der Waals surface area contributed by atoms with Gasteiger partial charge >= 0.3 is 0 Å². The zero-order valence-corrected chi connectivity index (χ0v) is 13.4. The fourth-order valence-electron chi connectivity index (χ4n) is 2.57. The fourth-order valence-corrected chi connectivity index (χ4v) is 4.10. The van der Waals surface area contributed by atoms with Crippen LogP contribution in [0.5, 0.6) is 0 Å². The Balaban J connectivity index is 2.10. The third-order valence-electron chi connectivity index (χ3n) is 4.11. The summed E-state index contributed by atoms with van der Waals surface area (Å²) in [5, 5.41) is 0. The Bertz CT molecular complexity index is 549. The molecule has 1 aliphatic rings. The lowest BCUT2D eigenvalue weighted by molar-refractivity contribution is 0.142. The van der Waals surface area contributed by atoms with Crippen molar-refractivity contribution in [2.45, 2.75) is 38.1 Å². The van der Waals surface area contributed by atoms with Crippen LogP contribution in [0.3, 0.4) is 0 Å². The largest absolute Gasteiger partial charge is 0.298 e. The molecule has 5 heteroatoms. The van der Waals surface area contributed by atoms with E-state index in [4.69, 9.17) is 0 Å². The summed E-state index contributed by atoms with van der Waals surface area (Å²) in [6.07, 6.45) is 1.10. The van der Waals surface area contributed by atoms with E-state index in [2.05, 4.69) is 18.7 Å². The van der Waals surface area contributed by atoms with E-state index in [1.807, 2.05) is 13.0 Å². The van der Waals surface area contributed by atoms with Crippen molar-refractivity contribution in [2.24, 2.45) is 0 Å². The van der Waals surface area contributed by atoms with E-state index in [-0.39, 0.29) is 0 Å². The van der Waals surface area contributed by atoms with E-state index in [1.165, 1.54) is 0 Å². The number of sulfonamides is 1. The van der Waals surface area contributed by atoms with Gasteiger partial charge in [0, 0.05) is 32.2 Å². The predicted molar refractivity (Wildman–Crippen MR) is 81.3 cm³/mol. The van der Waals surface area contributed by atoms with Gasteiger partial charge in [0.05, 0.1) is 4.90 Å². The molecule has 0 N–H and O–H groups in total. The molecule has 0 amide bonds. The van der Waals surface area contributed by atoms with Gasteiger partial charge in [-0.1, -0.05) is 19.1 Å². The molecular formula is C15H24N2O2S. The maximum Gasteiger partial charge on any atom is 0.243 e. The maximum absolute atomic E-state index is 12.6. The van der Waals surface area contributed by atoms with Crippen molar-refractivity contribution in [3.63, 3.8) is 0 Å². The van der Waals surface area contributed by atoms with Gasteiger partial charge in [0.2, 0.25) is 10.0 Å². The maximum atomic E-state index is 12.6. The normalized spacial score (nSPS) is 19.9. The highest BCUT2D eigenvalue weighted by Crippen LogP contribution is 2.19. The minimum Gasteiger partial charge on any atom is -0.298 e. The standard InChI is InChI=1S/C15H24N2O2S/c1-4-14(3)16-8-10-17(11-9-16)20(18,19)15-7-5-6-13(2)12-15/h5-7,12,14H,4,8-11H2,1-3H3. The molecule has 1 atom stereocenters. The lowest BCUT2D eigenvalue weighted by Gasteiger charge is -2.37. The van der Waals surface area contributed by atoms with Crippen LogP contribution < -0.4 is 0 Å². The molecule has 0 saturated carbocycles. The summed E-state index contributed by atoms with van der Waals surface area (Å²) in [6.45, 7) is 9.09. The van der Waals surface area contributed by atoms with Crippen molar-refractivity contribution in [1.29, 1.82) is 0 Å². The molecule has 0 bridgehead atoms. The molecule has 1 saturated heterocycles. The van der Waals surface area contributed by atoms with E-state index in [0.717, 1.165) is 25.1 Å². The highest BCUT2D eigenvalue weighted by Gasteiger charge is 2.29. The molecule has 20 heavy (non-hydrogen) atoms. The summed E-state index contributed by atoms with van der Waals surface area (Å²) in [6, 6.07) is 7.68. The third-order valence-corrected chi connectivity index (χ3v) is 6.01. The number of rotatable bonds is 4. The van der Waals surface area contributed by atoms with E-state index in [0.29, 0.717) is 24.0 Å². The smallest absolute Gasteiger partial charge is 0.243 e. The van der Waals surface area contributed by atoms with E-state index < -0.39 is 10.0 Å². The molecule has 1 aliphatic heterocycles. The van der Waals surface area contributed by atoms with Crippen LogP contribution >= 0.6 is 0 Å². The lowest BCUT2D eigenvalue weighted by atomic mass is 10.2.